The third-order valence-electron chi connectivity index (χ3n) is 5.61. The van der Waals surface area contributed by atoms with E-state index in [9.17, 15) is 9.18 Å². The van der Waals surface area contributed by atoms with Crippen LogP contribution in [0.2, 0.25) is 0 Å². The van der Waals surface area contributed by atoms with Gasteiger partial charge in [-0.3, -0.25) is 4.79 Å². The second kappa shape index (κ2) is 8.76. The first kappa shape index (κ1) is 20.7. The van der Waals surface area contributed by atoms with Gasteiger partial charge in [0.1, 0.15) is 5.82 Å². The van der Waals surface area contributed by atoms with E-state index in [2.05, 4.69) is 10.3 Å². The molecule has 1 atom stereocenters. The molecule has 7 nitrogen and oxygen atoms in total. The van der Waals surface area contributed by atoms with E-state index in [4.69, 9.17) is 26.4 Å². The quantitative estimate of drug-likeness (QED) is 0.567. The third-order valence-corrected chi connectivity index (χ3v) is 5.97. The van der Waals surface area contributed by atoms with Crippen molar-refractivity contribution in [3.05, 3.63) is 64.2 Å². The van der Waals surface area contributed by atoms with Gasteiger partial charge in [0.05, 0.1) is 18.2 Å². The van der Waals surface area contributed by atoms with Crippen LogP contribution in [0.25, 0.3) is 10.9 Å². The van der Waals surface area contributed by atoms with Crippen molar-refractivity contribution < 1.29 is 18.6 Å². The molecule has 2 aliphatic rings. The summed E-state index contributed by atoms with van der Waals surface area (Å²) in [5.41, 5.74) is 1.73. The second-order valence-electron chi connectivity index (χ2n) is 7.87. The van der Waals surface area contributed by atoms with Crippen LogP contribution in [0.15, 0.2) is 47.3 Å². The zero-order chi connectivity index (χ0) is 22.1. The van der Waals surface area contributed by atoms with Gasteiger partial charge in [-0.1, -0.05) is 0 Å². The number of fused-ring (bicyclic) bond motifs is 2. The Morgan fingerprint density at radius 1 is 1.19 bits per heavy atom. The molecule has 0 saturated carbocycles. The molecule has 3 aromatic rings. The first-order valence-corrected chi connectivity index (χ1v) is 10.8. The topological polar surface area (TPSA) is 75.8 Å². The molecule has 2 aromatic carbocycles. The molecule has 0 bridgehead atoms. The van der Waals surface area contributed by atoms with Gasteiger partial charge in [0.2, 0.25) is 6.79 Å². The van der Waals surface area contributed by atoms with Crippen molar-refractivity contribution >= 4 is 33.9 Å². The Bertz CT molecular complexity index is 1210. The van der Waals surface area contributed by atoms with Gasteiger partial charge in [0.15, 0.2) is 16.6 Å². The average Bonchev–Trinajstić information content (AvgIpc) is 3.45. The van der Waals surface area contributed by atoms with Crippen molar-refractivity contribution in [1.29, 1.82) is 0 Å². The maximum absolute atomic E-state index is 13.3. The van der Waals surface area contributed by atoms with Crippen LogP contribution in [-0.4, -0.2) is 41.0 Å². The van der Waals surface area contributed by atoms with Crippen molar-refractivity contribution in [2.75, 3.05) is 25.3 Å². The summed E-state index contributed by atoms with van der Waals surface area (Å²) >= 11 is 5.64. The molecule has 2 N–H and O–H groups in total. The Morgan fingerprint density at radius 3 is 2.72 bits per heavy atom. The fourth-order valence-corrected chi connectivity index (χ4v) is 4.21. The van der Waals surface area contributed by atoms with Gasteiger partial charge in [-0.2, -0.15) is 0 Å². The average molecular weight is 456 g/mol. The number of pyridine rings is 1. The number of aromatic nitrogens is 1. The number of H-pyrrole nitrogens is 1. The van der Waals surface area contributed by atoms with Crippen LogP contribution in [0.5, 0.6) is 11.5 Å². The van der Waals surface area contributed by atoms with E-state index in [-0.39, 0.29) is 24.3 Å². The van der Waals surface area contributed by atoms with E-state index in [0.717, 1.165) is 24.8 Å². The highest BCUT2D eigenvalue weighted by Crippen LogP contribution is 2.35. The summed E-state index contributed by atoms with van der Waals surface area (Å²) in [6, 6.07) is 11.5. The fourth-order valence-electron chi connectivity index (χ4n) is 3.95. The van der Waals surface area contributed by atoms with Gasteiger partial charge < -0.3 is 29.4 Å². The number of benzene rings is 2. The van der Waals surface area contributed by atoms with E-state index in [0.29, 0.717) is 46.5 Å². The standard InChI is InChI=1S/C23H22FN3O4S/c24-16-3-5-17(6-4-16)25-23(32)27(12-18-2-1-7-29-18)11-15-8-14-9-20-21(31-13-30-20)10-19(14)26-22(15)28/h3-6,8-10,18H,1-2,7,11-13H2,(H,25,32)(H,26,28)/t18-/m0/s1. The highest BCUT2D eigenvalue weighted by molar-refractivity contribution is 7.80. The lowest BCUT2D eigenvalue weighted by atomic mass is 10.1. The first-order valence-electron chi connectivity index (χ1n) is 10.4. The summed E-state index contributed by atoms with van der Waals surface area (Å²) in [5, 5.41) is 4.43. The highest BCUT2D eigenvalue weighted by atomic mass is 32.1. The Kier molecular flexibility index (Phi) is 5.67. The van der Waals surface area contributed by atoms with Crippen molar-refractivity contribution in [2.24, 2.45) is 0 Å². The van der Waals surface area contributed by atoms with Gasteiger partial charge in [0.25, 0.3) is 5.56 Å². The number of nitrogens with one attached hydrogen (secondary N) is 2. The molecule has 0 spiro atoms. The molecule has 2 aliphatic heterocycles. The van der Waals surface area contributed by atoms with Crippen LogP contribution in [0.1, 0.15) is 18.4 Å². The lowest BCUT2D eigenvalue weighted by Gasteiger charge is -2.28. The Balaban J connectivity index is 1.42. The number of ether oxygens (including phenoxy) is 3. The normalized spacial score (nSPS) is 17.0. The Morgan fingerprint density at radius 2 is 1.97 bits per heavy atom. The van der Waals surface area contributed by atoms with E-state index in [1.807, 2.05) is 17.0 Å². The third kappa shape index (κ3) is 4.39. The minimum atomic E-state index is -0.318. The monoisotopic (exact) mass is 455 g/mol. The predicted molar refractivity (Wildman–Crippen MR) is 123 cm³/mol. The second-order valence-corrected chi connectivity index (χ2v) is 8.26. The lowest BCUT2D eigenvalue weighted by Crippen LogP contribution is -2.40. The summed E-state index contributed by atoms with van der Waals surface area (Å²) in [4.78, 5) is 17.7. The molecule has 1 saturated heterocycles. The van der Waals surface area contributed by atoms with Gasteiger partial charge in [-0.05, 0) is 61.5 Å². The number of rotatable bonds is 5. The van der Waals surface area contributed by atoms with Crippen LogP contribution in [0.4, 0.5) is 10.1 Å². The van der Waals surface area contributed by atoms with Crippen molar-refractivity contribution in [1.82, 2.24) is 9.88 Å². The molecule has 0 unspecified atom stereocenters. The molecule has 1 aromatic heterocycles. The molecular weight excluding hydrogens is 433 g/mol. The van der Waals surface area contributed by atoms with Crippen LogP contribution in [0, 0.1) is 5.82 Å². The molecule has 0 radical (unpaired) electrons. The summed E-state index contributed by atoms with van der Waals surface area (Å²) < 4.78 is 29.9. The maximum Gasteiger partial charge on any atom is 0.253 e. The molecule has 5 rings (SSSR count). The van der Waals surface area contributed by atoms with Gasteiger partial charge in [-0.15, -0.1) is 0 Å². The molecule has 1 fully saturated rings. The molecule has 32 heavy (non-hydrogen) atoms. The van der Waals surface area contributed by atoms with E-state index in [1.54, 1.807) is 18.2 Å². The SMILES string of the molecule is O=c1[nH]c2cc3c(cc2cc1CN(C[C@@H]1CCCO1)C(=S)Nc1ccc(F)cc1)OCO3. The summed E-state index contributed by atoms with van der Waals surface area (Å²) in [5.74, 6) is 0.951. The molecule has 0 amide bonds. The number of aromatic amines is 1. The van der Waals surface area contributed by atoms with Crippen molar-refractivity contribution in [2.45, 2.75) is 25.5 Å². The van der Waals surface area contributed by atoms with Crippen molar-refractivity contribution in [3.8, 4) is 11.5 Å². The van der Waals surface area contributed by atoms with Crippen molar-refractivity contribution in [3.63, 3.8) is 0 Å². The van der Waals surface area contributed by atoms with Gasteiger partial charge >= 0.3 is 0 Å². The van der Waals surface area contributed by atoms with Gasteiger partial charge in [0, 0.05) is 35.9 Å². The van der Waals surface area contributed by atoms with Crippen LogP contribution >= 0.6 is 12.2 Å². The highest BCUT2D eigenvalue weighted by Gasteiger charge is 2.23. The van der Waals surface area contributed by atoms with E-state index in [1.165, 1.54) is 12.1 Å². The lowest BCUT2D eigenvalue weighted by molar-refractivity contribution is 0.0904. The summed E-state index contributed by atoms with van der Waals surface area (Å²) in [6.45, 7) is 1.74. The van der Waals surface area contributed by atoms with Crippen LogP contribution in [-0.2, 0) is 11.3 Å². The van der Waals surface area contributed by atoms with E-state index < -0.39 is 0 Å². The molecule has 9 heteroatoms. The molecule has 3 heterocycles. The summed E-state index contributed by atoms with van der Waals surface area (Å²) in [7, 11) is 0. The van der Waals surface area contributed by atoms with Crippen LogP contribution in [0.3, 0.4) is 0 Å². The number of hydrogen-bond donors (Lipinski definition) is 2. The first-order chi connectivity index (χ1) is 15.5. The Labute approximate surface area is 189 Å². The number of anilines is 1. The molecular formula is C23H22FN3O4S. The minimum Gasteiger partial charge on any atom is -0.454 e. The number of halogens is 1. The molecule has 0 aliphatic carbocycles. The summed E-state index contributed by atoms with van der Waals surface area (Å²) in [6.07, 6.45) is 1.98. The fraction of sp³-hybridized carbons (Fsp3) is 0.304. The van der Waals surface area contributed by atoms with Crippen LogP contribution < -0.4 is 20.3 Å². The number of nitrogens with zero attached hydrogens (tertiary/aromatic N) is 1. The number of hydrogen-bond acceptors (Lipinski definition) is 5. The Hall–Kier alpha value is -3.17. The number of thiocarbonyl (C=S) groups is 1. The molecule has 166 valence electrons. The van der Waals surface area contributed by atoms with Gasteiger partial charge in [-0.25, -0.2) is 4.39 Å². The predicted octanol–water partition coefficient (Wildman–Crippen LogP) is 3.77. The largest absolute Gasteiger partial charge is 0.454 e. The maximum atomic E-state index is 13.3. The zero-order valence-electron chi connectivity index (χ0n) is 17.2. The zero-order valence-corrected chi connectivity index (χ0v) is 18.0. The smallest absolute Gasteiger partial charge is 0.253 e. The van der Waals surface area contributed by atoms with E-state index >= 15 is 0 Å². The minimum absolute atomic E-state index is 0.0383.